The Balaban J connectivity index is 1.67. The maximum absolute atomic E-state index is 12.2. The molecule has 2 aromatic carbocycles. The highest BCUT2D eigenvalue weighted by atomic mass is 16.6. The van der Waals surface area contributed by atoms with E-state index in [1.807, 2.05) is 0 Å². The van der Waals surface area contributed by atoms with Crippen LogP contribution in [0.15, 0.2) is 52.9 Å². The lowest BCUT2D eigenvalue weighted by molar-refractivity contribution is -0.385. The largest absolute Gasteiger partial charge is 0.452 e. The number of hydrogen-bond acceptors (Lipinski definition) is 9. The molecule has 0 N–H and O–H groups in total. The van der Waals surface area contributed by atoms with E-state index in [0.29, 0.717) is 5.56 Å². The lowest BCUT2D eigenvalue weighted by atomic mass is 10.1. The summed E-state index contributed by atoms with van der Waals surface area (Å²) in [6.45, 7) is 1.52. The first-order valence-corrected chi connectivity index (χ1v) is 8.35. The number of non-ortho nitro benzene ring substituents is 1. The van der Waals surface area contributed by atoms with E-state index in [9.17, 15) is 25.0 Å². The van der Waals surface area contributed by atoms with Gasteiger partial charge in [0.1, 0.15) is 0 Å². The van der Waals surface area contributed by atoms with Crippen LogP contribution in [0.4, 0.5) is 11.4 Å². The van der Waals surface area contributed by atoms with Gasteiger partial charge < -0.3 is 9.15 Å². The zero-order chi connectivity index (χ0) is 21.0. The van der Waals surface area contributed by atoms with Crippen LogP contribution in [0.3, 0.4) is 0 Å². The molecule has 0 aliphatic heterocycles. The number of benzene rings is 2. The lowest BCUT2D eigenvalue weighted by Crippen LogP contribution is -2.12. The van der Waals surface area contributed by atoms with Gasteiger partial charge in [-0.15, -0.1) is 10.2 Å². The molecule has 3 rings (SSSR count). The van der Waals surface area contributed by atoms with Crippen LogP contribution in [0.2, 0.25) is 0 Å². The fourth-order valence-corrected chi connectivity index (χ4v) is 2.52. The summed E-state index contributed by atoms with van der Waals surface area (Å²) < 4.78 is 10.7. The molecule has 29 heavy (non-hydrogen) atoms. The van der Waals surface area contributed by atoms with Crippen LogP contribution < -0.4 is 0 Å². The van der Waals surface area contributed by atoms with Crippen molar-refractivity contribution in [2.24, 2.45) is 0 Å². The highest BCUT2D eigenvalue weighted by molar-refractivity contribution is 5.74. The molecule has 0 bridgehead atoms. The molecule has 148 valence electrons. The highest BCUT2D eigenvalue weighted by Crippen LogP contribution is 2.25. The fourth-order valence-electron chi connectivity index (χ4n) is 2.52. The molecule has 0 aliphatic carbocycles. The van der Waals surface area contributed by atoms with Gasteiger partial charge >= 0.3 is 5.97 Å². The number of hydrogen-bond donors (Lipinski definition) is 0. The van der Waals surface area contributed by atoms with Gasteiger partial charge in [-0.3, -0.25) is 25.0 Å². The molecule has 11 nitrogen and oxygen atoms in total. The molecule has 1 atom stereocenters. The Kier molecular flexibility index (Phi) is 5.58. The predicted octanol–water partition coefficient (Wildman–Crippen LogP) is 3.40. The van der Waals surface area contributed by atoms with Crippen molar-refractivity contribution in [2.75, 3.05) is 0 Å². The number of nitrogens with zero attached hydrogens (tertiary/aromatic N) is 4. The molecule has 0 spiro atoms. The maximum atomic E-state index is 12.2. The van der Waals surface area contributed by atoms with E-state index in [1.165, 1.54) is 49.4 Å². The summed E-state index contributed by atoms with van der Waals surface area (Å²) in [4.78, 5) is 32.8. The first-order valence-electron chi connectivity index (χ1n) is 8.35. The van der Waals surface area contributed by atoms with E-state index in [0.717, 1.165) is 0 Å². The van der Waals surface area contributed by atoms with Crippen molar-refractivity contribution in [3.05, 3.63) is 80.2 Å². The van der Waals surface area contributed by atoms with Gasteiger partial charge in [0.05, 0.1) is 16.3 Å². The first-order chi connectivity index (χ1) is 13.8. The zero-order valence-electron chi connectivity index (χ0n) is 15.0. The summed E-state index contributed by atoms with van der Waals surface area (Å²) in [7, 11) is 0. The molecule has 1 aromatic heterocycles. The number of para-hydroxylation sites is 1. The van der Waals surface area contributed by atoms with Crippen LogP contribution in [-0.4, -0.2) is 26.0 Å². The molecular weight excluding hydrogens is 384 g/mol. The number of carbonyl (C=O) groups excluding carboxylic acids is 1. The molecule has 3 aromatic rings. The van der Waals surface area contributed by atoms with Crippen molar-refractivity contribution < 1.29 is 23.8 Å². The molecule has 1 unspecified atom stereocenters. The standard InChI is InChI=1S/C18H14N4O7/c1-11(28-16(23)10-13-4-2-3-5-15(13)22(26)27)17-19-20-18(29-17)12-6-8-14(9-7-12)21(24)25/h2-9,11H,10H2,1H3. The number of aromatic nitrogens is 2. The summed E-state index contributed by atoms with van der Waals surface area (Å²) in [6.07, 6.45) is -1.17. The minimum Gasteiger partial charge on any atom is -0.452 e. The van der Waals surface area contributed by atoms with Crippen molar-refractivity contribution in [3.63, 3.8) is 0 Å². The summed E-state index contributed by atoms with van der Waals surface area (Å²) >= 11 is 0. The third-order valence-electron chi connectivity index (χ3n) is 3.94. The number of esters is 1. The Labute approximate surface area is 163 Å². The molecule has 11 heteroatoms. The van der Waals surface area contributed by atoms with Crippen molar-refractivity contribution in [1.82, 2.24) is 10.2 Å². The van der Waals surface area contributed by atoms with Gasteiger partial charge in [-0.2, -0.15) is 0 Å². The fraction of sp³-hybridized carbons (Fsp3) is 0.167. The normalized spacial score (nSPS) is 11.6. The minimum absolute atomic E-state index is 0.0225. The lowest BCUT2D eigenvalue weighted by Gasteiger charge is -2.09. The number of nitro benzene ring substituents is 2. The van der Waals surface area contributed by atoms with E-state index in [1.54, 1.807) is 6.07 Å². The van der Waals surface area contributed by atoms with Crippen LogP contribution in [0, 0.1) is 20.2 Å². The Bertz CT molecular complexity index is 1060. The van der Waals surface area contributed by atoms with E-state index >= 15 is 0 Å². The van der Waals surface area contributed by atoms with Gasteiger partial charge in [0.2, 0.25) is 5.89 Å². The SMILES string of the molecule is CC(OC(=O)Cc1ccccc1[N+](=O)[O-])c1nnc(-c2ccc([N+](=O)[O-])cc2)o1. The first kappa shape index (κ1) is 19.6. The van der Waals surface area contributed by atoms with Crippen molar-refractivity contribution >= 4 is 17.3 Å². The summed E-state index contributed by atoms with van der Waals surface area (Å²) in [5.41, 5.74) is 0.445. The third-order valence-corrected chi connectivity index (χ3v) is 3.94. The van der Waals surface area contributed by atoms with E-state index in [2.05, 4.69) is 10.2 Å². The molecule has 1 heterocycles. The van der Waals surface area contributed by atoms with Crippen molar-refractivity contribution in [1.29, 1.82) is 0 Å². The van der Waals surface area contributed by atoms with Gasteiger partial charge in [0.25, 0.3) is 17.3 Å². The predicted molar refractivity (Wildman–Crippen MR) is 97.7 cm³/mol. The van der Waals surface area contributed by atoms with Gasteiger partial charge in [0.15, 0.2) is 6.10 Å². The molecular formula is C18H14N4O7. The second-order valence-electron chi connectivity index (χ2n) is 5.94. The molecule has 0 radical (unpaired) electrons. The van der Waals surface area contributed by atoms with Crippen LogP contribution in [0.5, 0.6) is 0 Å². The second-order valence-corrected chi connectivity index (χ2v) is 5.94. The highest BCUT2D eigenvalue weighted by Gasteiger charge is 2.22. The molecule has 0 saturated heterocycles. The summed E-state index contributed by atoms with van der Waals surface area (Å²) in [6, 6.07) is 11.4. The Hall–Kier alpha value is -4.15. The van der Waals surface area contributed by atoms with Gasteiger partial charge in [0, 0.05) is 29.3 Å². The number of rotatable bonds is 7. The average molecular weight is 398 g/mol. The Morgan fingerprint density at radius 3 is 2.41 bits per heavy atom. The van der Waals surface area contributed by atoms with Crippen LogP contribution in [-0.2, 0) is 16.0 Å². The Morgan fingerprint density at radius 1 is 1.07 bits per heavy atom. The minimum atomic E-state index is -0.885. The van der Waals surface area contributed by atoms with E-state index in [-0.39, 0.29) is 35.1 Å². The second kappa shape index (κ2) is 8.25. The molecule has 0 fully saturated rings. The smallest absolute Gasteiger partial charge is 0.311 e. The van der Waals surface area contributed by atoms with Crippen LogP contribution in [0.1, 0.15) is 24.5 Å². The van der Waals surface area contributed by atoms with Gasteiger partial charge in [-0.1, -0.05) is 18.2 Å². The topological polar surface area (TPSA) is 152 Å². The quantitative estimate of drug-likeness (QED) is 0.331. The zero-order valence-corrected chi connectivity index (χ0v) is 15.0. The van der Waals surface area contributed by atoms with Crippen molar-refractivity contribution in [2.45, 2.75) is 19.4 Å². The maximum Gasteiger partial charge on any atom is 0.311 e. The third kappa shape index (κ3) is 4.58. The van der Waals surface area contributed by atoms with E-state index < -0.39 is 21.9 Å². The van der Waals surface area contributed by atoms with Crippen LogP contribution >= 0.6 is 0 Å². The van der Waals surface area contributed by atoms with Gasteiger partial charge in [-0.25, -0.2) is 0 Å². The monoisotopic (exact) mass is 398 g/mol. The number of nitro groups is 2. The average Bonchev–Trinajstić information content (AvgIpc) is 3.18. The van der Waals surface area contributed by atoms with Crippen molar-refractivity contribution in [3.8, 4) is 11.5 Å². The molecule has 0 aliphatic rings. The molecule has 0 saturated carbocycles. The number of carbonyl (C=O) groups is 1. The van der Waals surface area contributed by atoms with E-state index in [4.69, 9.17) is 9.15 Å². The number of ether oxygens (including phenoxy) is 1. The van der Waals surface area contributed by atoms with Gasteiger partial charge in [-0.05, 0) is 19.1 Å². The molecule has 0 amide bonds. The van der Waals surface area contributed by atoms with Crippen LogP contribution in [0.25, 0.3) is 11.5 Å². The summed E-state index contributed by atoms with van der Waals surface area (Å²) in [5, 5.41) is 29.4. The summed E-state index contributed by atoms with van der Waals surface area (Å²) in [5.74, 6) is -0.562. The Morgan fingerprint density at radius 2 is 1.76 bits per heavy atom.